The fourth-order valence-corrected chi connectivity index (χ4v) is 3.25. The van der Waals surface area contributed by atoms with Crippen LogP contribution in [0, 0.1) is 0 Å². The van der Waals surface area contributed by atoms with Gasteiger partial charge in [0, 0.05) is 52.4 Å². The second-order valence-corrected chi connectivity index (χ2v) is 7.36. The largest absolute Gasteiger partial charge is 0.345 e. The fraction of sp³-hybridized carbons (Fsp3) is 0.600. The Morgan fingerprint density at radius 2 is 2.00 bits per heavy atom. The first-order valence-electron chi connectivity index (χ1n) is 9.42. The summed E-state index contributed by atoms with van der Waals surface area (Å²) < 4.78 is 0. The fourth-order valence-electron chi connectivity index (χ4n) is 3.25. The summed E-state index contributed by atoms with van der Waals surface area (Å²) in [5, 5.41) is 2.94. The van der Waals surface area contributed by atoms with Crippen molar-refractivity contribution in [2.45, 2.75) is 38.8 Å². The van der Waals surface area contributed by atoms with Gasteiger partial charge in [-0.15, -0.1) is 0 Å². The number of nitrogens with one attached hydrogen (secondary N) is 1. The number of nitrogens with zero attached hydrogens (tertiary/aromatic N) is 3. The maximum atomic E-state index is 12.3. The molecular formula is C20H32N4O2. The summed E-state index contributed by atoms with van der Waals surface area (Å²) >= 11 is 0. The number of hydrogen-bond donors (Lipinski definition) is 1. The summed E-state index contributed by atoms with van der Waals surface area (Å²) in [7, 11) is 5.29. The molecule has 144 valence electrons. The lowest BCUT2D eigenvalue weighted by molar-refractivity contribution is 0.0827. The maximum absolute atomic E-state index is 12.3. The minimum Gasteiger partial charge on any atom is -0.345 e. The van der Waals surface area contributed by atoms with Crippen molar-refractivity contribution in [1.29, 1.82) is 0 Å². The van der Waals surface area contributed by atoms with E-state index in [1.807, 2.05) is 25.2 Å². The monoisotopic (exact) mass is 360 g/mol. The molecule has 26 heavy (non-hydrogen) atoms. The molecule has 0 spiro atoms. The normalized spacial score (nSPS) is 17.6. The molecule has 0 aliphatic carbocycles. The minimum absolute atomic E-state index is 0.0362. The number of benzene rings is 1. The molecule has 1 aromatic rings. The van der Waals surface area contributed by atoms with Crippen LogP contribution >= 0.6 is 0 Å². The number of likely N-dealkylation sites (tertiary alicyclic amines) is 1. The molecule has 0 unspecified atom stereocenters. The topological polar surface area (TPSA) is 55.9 Å². The molecule has 1 heterocycles. The van der Waals surface area contributed by atoms with E-state index in [9.17, 15) is 9.59 Å². The Labute approximate surface area is 157 Å². The first-order chi connectivity index (χ1) is 12.4. The number of rotatable bonds is 6. The number of carbonyl (C=O) groups is 2. The van der Waals surface area contributed by atoms with Crippen molar-refractivity contribution in [3.63, 3.8) is 0 Å². The Morgan fingerprint density at radius 3 is 2.69 bits per heavy atom. The van der Waals surface area contributed by atoms with Crippen LogP contribution in [0.3, 0.4) is 0 Å². The molecule has 0 aromatic heterocycles. The molecule has 3 amide bonds. The van der Waals surface area contributed by atoms with E-state index in [-0.39, 0.29) is 11.9 Å². The number of hydrogen-bond acceptors (Lipinski definition) is 3. The van der Waals surface area contributed by atoms with E-state index >= 15 is 0 Å². The summed E-state index contributed by atoms with van der Waals surface area (Å²) in [5.74, 6) is -0.0362. The van der Waals surface area contributed by atoms with Crippen LogP contribution in [0.5, 0.6) is 0 Å². The number of urea groups is 1. The predicted molar refractivity (Wildman–Crippen MR) is 104 cm³/mol. The average Bonchev–Trinajstić information content (AvgIpc) is 2.64. The summed E-state index contributed by atoms with van der Waals surface area (Å²) in [6, 6.07) is 7.91. The van der Waals surface area contributed by atoms with Gasteiger partial charge < -0.3 is 15.1 Å². The maximum Gasteiger partial charge on any atom is 0.317 e. The van der Waals surface area contributed by atoms with E-state index < -0.39 is 0 Å². The van der Waals surface area contributed by atoms with Crippen LogP contribution in [0.1, 0.15) is 42.1 Å². The van der Waals surface area contributed by atoms with Gasteiger partial charge in [0.2, 0.25) is 0 Å². The Balaban J connectivity index is 1.80. The summed E-state index contributed by atoms with van der Waals surface area (Å²) in [4.78, 5) is 30.1. The number of likely N-dealkylation sites (N-methyl/N-ethyl adjacent to an activating group) is 1. The number of carbonyl (C=O) groups excluding carboxylic acids is 2. The van der Waals surface area contributed by atoms with Gasteiger partial charge >= 0.3 is 6.03 Å². The Bertz CT molecular complexity index is 618. The van der Waals surface area contributed by atoms with E-state index in [4.69, 9.17) is 0 Å². The van der Waals surface area contributed by atoms with Crippen LogP contribution in [0.2, 0.25) is 0 Å². The molecule has 1 aliphatic heterocycles. The summed E-state index contributed by atoms with van der Waals surface area (Å²) in [6.07, 6.45) is 3.81. The first-order valence-corrected chi connectivity index (χ1v) is 9.42. The zero-order valence-electron chi connectivity index (χ0n) is 16.5. The summed E-state index contributed by atoms with van der Waals surface area (Å²) in [6.45, 7) is 5.44. The Kier molecular flexibility index (Phi) is 7.45. The molecule has 1 atom stereocenters. The van der Waals surface area contributed by atoms with Crippen LogP contribution in [0.15, 0.2) is 24.3 Å². The lowest BCUT2D eigenvalue weighted by Gasteiger charge is -2.34. The van der Waals surface area contributed by atoms with E-state index in [0.717, 1.165) is 25.2 Å². The smallest absolute Gasteiger partial charge is 0.317 e. The third-order valence-corrected chi connectivity index (χ3v) is 5.03. The van der Waals surface area contributed by atoms with Gasteiger partial charge in [-0.25, -0.2) is 4.79 Å². The van der Waals surface area contributed by atoms with Crippen molar-refractivity contribution in [3.8, 4) is 0 Å². The molecule has 1 fully saturated rings. The Morgan fingerprint density at radius 1 is 1.23 bits per heavy atom. The van der Waals surface area contributed by atoms with Gasteiger partial charge in [0.25, 0.3) is 5.91 Å². The van der Waals surface area contributed by atoms with Crippen molar-refractivity contribution in [3.05, 3.63) is 35.4 Å². The number of amides is 3. The van der Waals surface area contributed by atoms with E-state index in [0.29, 0.717) is 18.2 Å². The SMILES string of the molecule is C[C@H]1CCCCN1CCN(C)C(=O)NCc1cccc(C(=O)N(C)C)c1. The lowest BCUT2D eigenvalue weighted by atomic mass is 10.0. The molecular weight excluding hydrogens is 328 g/mol. The Hall–Kier alpha value is -2.08. The van der Waals surface area contributed by atoms with Crippen LogP contribution in [-0.4, -0.2) is 73.5 Å². The highest BCUT2D eigenvalue weighted by atomic mass is 16.2. The quantitative estimate of drug-likeness (QED) is 0.848. The van der Waals surface area contributed by atoms with Crippen molar-refractivity contribution in [2.75, 3.05) is 40.8 Å². The standard InChI is InChI=1S/C20H32N4O2/c1-16-8-5-6-11-24(16)13-12-23(4)20(26)21-15-17-9-7-10-18(14-17)19(25)22(2)3/h7,9-10,14,16H,5-6,8,11-13,15H2,1-4H3,(H,21,26)/t16-/m0/s1. The van der Waals surface area contributed by atoms with Crippen molar-refractivity contribution >= 4 is 11.9 Å². The molecule has 6 nitrogen and oxygen atoms in total. The van der Waals surface area contributed by atoms with E-state index in [1.165, 1.54) is 19.3 Å². The molecule has 0 radical (unpaired) electrons. The molecule has 1 saturated heterocycles. The predicted octanol–water partition coefficient (Wildman–Crippen LogP) is 2.40. The number of piperidine rings is 1. The summed E-state index contributed by atoms with van der Waals surface area (Å²) in [5.41, 5.74) is 1.55. The van der Waals surface area contributed by atoms with Gasteiger partial charge in [-0.2, -0.15) is 0 Å². The highest BCUT2D eigenvalue weighted by Gasteiger charge is 2.19. The van der Waals surface area contributed by atoms with Gasteiger partial charge in [0.15, 0.2) is 0 Å². The second-order valence-electron chi connectivity index (χ2n) is 7.36. The van der Waals surface area contributed by atoms with Gasteiger partial charge in [-0.3, -0.25) is 9.69 Å². The molecule has 0 saturated carbocycles. The van der Waals surface area contributed by atoms with Gasteiger partial charge in [0.1, 0.15) is 0 Å². The van der Waals surface area contributed by atoms with Crippen LogP contribution < -0.4 is 5.32 Å². The van der Waals surface area contributed by atoms with Crippen molar-refractivity contribution < 1.29 is 9.59 Å². The average molecular weight is 361 g/mol. The third kappa shape index (κ3) is 5.73. The molecule has 0 bridgehead atoms. The van der Waals surface area contributed by atoms with Gasteiger partial charge in [-0.1, -0.05) is 18.6 Å². The molecule has 1 N–H and O–H groups in total. The van der Waals surface area contributed by atoms with E-state index in [1.54, 1.807) is 30.0 Å². The molecule has 2 rings (SSSR count). The van der Waals surface area contributed by atoms with Gasteiger partial charge in [0.05, 0.1) is 0 Å². The second kappa shape index (κ2) is 9.57. The first kappa shape index (κ1) is 20.2. The van der Waals surface area contributed by atoms with Crippen molar-refractivity contribution in [1.82, 2.24) is 20.0 Å². The zero-order chi connectivity index (χ0) is 19.1. The zero-order valence-corrected chi connectivity index (χ0v) is 16.5. The lowest BCUT2D eigenvalue weighted by Crippen LogP contribution is -2.45. The van der Waals surface area contributed by atoms with Gasteiger partial charge in [-0.05, 0) is 44.0 Å². The van der Waals surface area contributed by atoms with E-state index in [2.05, 4.69) is 17.1 Å². The third-order valence-electron chi connectivity index (χ3n) is 5.03. The minimum atomic E-state index is -0.0843. The van der Waals surface area contributed by atoms with Crippen LogP contribution in [0.25, 0.3) is 0 Å². The highest BCUT2D eigenvalue weighted by Crippen LogP contribution is 2.15. The molecule has 1 aliphatic rings. The molecule has 6 heteroatoms. The highest BCUT2D eigenvalue weighted by molar-refractivity contribution is 5.94. The van der Waals surface area contributed by atoms with Crippen LogP contribution in [0.4, 0.5) is 4.79 Å². The van der Waals surface area contributed by atoms with Crippen molar-refractivity contribution in [2.24, 2.45) is 0 Å². The molecule has 1 aromatic carbocycles. The van der Waals surface area contributed by atoms with Crippen LogP contribution in [-0.2, 0) is 6.54 Å².